The maximum Gasteiger partial charge on any atom is 0.306 e. The van der Waals surface area contributed by atoms with Crippen molar-refractivity contribution in [3.8, 4) is 0 Å². The molecular formula is C98H169NO8. The van der Waals surface area contributed by atoms with Crippen LogP contribution in [0, 0.1) is 0 Å². The number of carboxylic acids is 1. The molecule has 107 heavy (non-hydrogen) atoms. The Kier molecular flexibility index (Phi) is 82.8. The van der Waals surface area contributed by atoms with Gasteiger partial charge in [-0.05, 0) is 116 Å². The Labute approximate surface area is 662 Å². The standard InChI is InChI=1S/C98H169NO8/c1-6-8-10-12-14-16-18-20-22-24-26-28-30-32-34-36-38-40-42-44-46-48-50-52-54-56-58-60-62-64-66-68-70-72-74-76-78-80-82-84-86-88-95(100)105-92-94(93-106-98(97(102)103)104-91-90-99(3,4)5)107-96(101)89-87-85-83-81-79-77-75-73-71-69-67-65-63-61-59-57-55-53-51-49-47-45-43-41-39-37-35-33-31-29-27-25-23-21-19-17-15-13-11-9-7-2/h8-11,14-17,20-23,26-29,32-35,38-41,94,98H,6-7,12-13,18-19,24-25,30-31,36-37,42-93H2,1-5H3/b10-8-,11-9-,16-14-,17-15-,22-20-,23-21-,28-26-,29-27-,34-32-,35-33-,40-38-,41-39-. The van der Waals surface area contributed by atoms with E-state index in [2.05, 4.69) is 160 Å². The van der Waals surface area contributed by atoms with Crippen LogP contribution in [-0.4, -0.2) is 82.3 Å². The molecule has 0 aromatic heterocycles. The van der Waals surface area contributed by atoms with Crippen LogP contribution in [0.25, 0.3) is 0 Å². The highest BCUT2D eigenvalue weighted by Crippen LogP contribution is 2.20. The molecule has 0 aromatic carbocycles. The van der Waals surface area contributed by atoms with E-state index in [1.54, 1.807) is 0 Å². The summed E-state index contributed by atoms with van der Waals surface area (Å²) in [6.07, 6.45) is 124. The summed E-state index contributed by atoms with van der Waals surface area (Å²) in [6, 6.07) is 0. The lowest BCUT2D eigenvalue weighted by atomic mass is 10.0. The summed E-state index contributed by atoms with van der Waals surface area (Å²) in [5, 5.41) is 11.9. The van der Waals surface area contributed by atoms with E-state index in [0.717, 1.165) is 109 Å². The lowest BCUT2D eigenvalue weighted by Gasteiger charge is -2.26. The van der Waals surface area contributed by atoms with Crippen LogP contribution < -0.4 is 5.11 Å². The minimum absolute atomic E-state index is 0.147. The number of aliphatic carboxylic acids is 1. The maximum absolute atomic E-state index is 13.0. The topological polar surface area (TPSA) is 111 Å². The molecule has 0 bridgehead atoms. The molecule has 0 aromatic rings. The second kappa shape index (κ2) is 86.8. The molecule has 9 nitrogen and oxygen atoms in total. The van der Waals surface area contributed by atoms with Crippen LogP contribution in [0.3, 0.4) is 0 Å². The maximum atomic E-state index is 13.0. The molecule has 0 aliphatic heterocycles. The molecule has 0 N–H and O–H groups in total. The third-order valence-electron chi connectivity index (χ3n) is 19.6. The number of rotatable bonds is 83. The first-order valence-electron chi connectivity index (χ1n) is 45.0. The Hall–Kier alpha value is -4.83. The molecule has 0 heterocycles. The van der Waals surface area contributed by atoms with Gasteiger partial charge in [-0.15, -0.1) is 0 Å². The first-order valence-corrected chi connectivity index (χ1v) is 45.0. The molecule has 0 saturated carbocycles. The molecule has 0 amide bonds. The van der Waals surface area contributed by atoms with Gasteiger partial charge in [0.25, 0.3) is 0 Å². The molecule has 2 unspecified atom stereocenters. The van der Waals surface area contributed by atoms with Crippen molar-refractivity contribution in [2.45, 2.75) is 411 Å². The number of carbonyl (C=O) groups excluding carboxylic acids is 3. The summed E-state index contributed by atoms with van der Waals surface area (Å²) in [5.74, 6) is -2.26. The van der Waals surface area contributed by atoms with E-state index in [1.807, 2.05) is 21.1 Å². The van der Waals surface area contributed by atoms with Gasteiger partial charge in [0.2, 0.25) is 0 Å². The van der Waals surface area contributed by atoms with Gasteiger partial charge in [0.05, 0.1) is 40.3 Å². The molecule has 0 aliphatic carbocycles. The average molecular weight is 1490 g/mol. The summed E-state index contributed by atoms with van der Waals surface area (Å²) in [7, 11) is 5.95. The highest BCUT2D eigenvalue weighted by Gasteiger charge is 2.22. The minimum atomic E-state index is -1.63. The number of hydrogen-bond donors (Lipinski definition) is 0. The van der Waals surface area contributed by atoms with Gasteiger partial charge in [-0.25, -0.2) is 0 Å². The number of allylic oxidation sites excluding steroid dienone is 24. The van der Waals surface area contributed by atoms with Crippen molar-refractivity contribution in [2.75, 3.05) is 47.5 Å². The van der Waals surface area contributed by atoms with E-state index < -0.39 is 24.3 Å². The molecule has 614 valence electrons. The van der Waals surface area contributed by atoms with E-state index in [-0.39, 0.29) is 32.2 Å². The highest BCUT2D eigenvalue weighted by molar-refractivity contribution is 5.70. The van der Waals surface area contributed by atoms with Gasteiger partial charge >= 0.3 is 11.9 Å². The lowest BCUT2D eigenvalue weighted by molar-refractivity contribution is -0.870. The first-order chi connectivity index (χ1) is 52.6. The van der Waals surface area contributed by atoms with E-state index >= 15 is 0 Å². The van der Waals surface area contributed by atoms with Gasteiger partial charge in [0, 0.05) is 12.8 Å². The van der Waals surface area contributed by atoms with E-state index in [9.17, 15) is 19.5 Å². The van der Waals surface area contributed by atoms with E-state index in [0.29, 0.717) is 23.9 Å². The van der Waals surface area contributed by atoms with Gasteiger partial charge in [0.1, 0.15) is 13.2 Å². The van der Waals surface area contributed by atoms with Crippen molar-refractivity contribution >= 4 is 17.9 Å². The Morgan fingerprint density at radius 1 is 0.280 bits per heavy atom. The van der Waals surface area contributed by atoms with Crippen LogP contribution in [0.1, 0.15) is 399 Å². The number of hydrogen-bond acceptors (Lipinski definition) is 8. The summed E-state index contributed by atoms with van der Waals surface area (Å²) in [5.41, 5.74) is 0. The fourth-order valence-electron chi connectivity index (χ4n) is 12.8. The summed E-state index contributed by atoms with van der Waals surface area (Å²) in [4.78, 5) is 37.7. The third-order valence-corrected chi connectivity index (χ3v) is 19.6. The normalized spacial score (nSPS) is 13.3. The van der Waals surface area contributed by atoms with Crippen molar-refractivity contribution in [3.63, 3.8) is 0 Å². The number of ether oxygens (including phenoxy) is 4. The lowest BCUT2D eigenvalue weighted by Crippen LogP contribution is -2.44. The number of quaternary nitrogens is 1. The molecule has 9 heteroatoms. The van der Waals surface area contributed by atoms with Crippen LogP contribution in [0.2, 0.25) is 0 Å². The molecule has 0 spiro atoms. The zero-order valence-corrected chi connectivity index (χ0v) is 70.5. The zero-order chi connectivity index (χ0) is 77.4. The number of carboxylic acid groups (broad SMARTS) is 1. The number of carbonyl (C=O) groups is 3. The molecular weight excluding hydrogens is 1320 g/mol. The van der Waals surface area contributed by atoms with Crippen LogP contribution in [0.5, 0.6) is 0 Å². The van der Waals surface area contributed by atoms with Crippen LogP contribution >= 0.6 is 0 Å². The quantitative estimate of drug-likeness (QED) is 0.0195. The minimum Gasteiger partial charge on any atom is -0.545 e. The zero-order valence-electron chi connectivity index (χ0n) is 70.5. The number of esters is 2. The fraction of sp³-hybridized carbons (Fsp3) is 0.724. The predicted molar refractivity (Wildman–Crippen MR) is 462 cm³/mol. The average Bonchev–Trinajstić information content (AvgIpc) is 0.928. The van der Waals surface area contributed by atoms with E-state index in [1.165, 1.54) is 257 Å². The van der Waals surface area contributed by atoms with Crippen LogP contribution in [0.4, 0.5) is 0 Å². The fourth-order valence-corrected chi connectivity index (χ4v) is 12.8. The van der Waals surface area contributed by atoms with Crippen LogP contribution in [0.15, 0.2) is 146 Å². The van der Waals surface area contributed by atoms with Crippen molar-refractivity contribution < 1.29 is 42.9 Å². The summed E-state index contributed by atoms with van der Waals surface area (Å²) in [6.45, 7) is 4.57. The number of nitrogens with zero attached hydrogens (tertiary/aromatic N) is 1. The van der Waals surface area contributed by atoms with Crippen molar-refractivity contribution in [1.29, 1.82) is 0 Å². The molecule has 0 saturated heterocycles. The number of likely N-dealkylation sites (N-methyl/N-ethyl adjacent to an activating group) is 1. The van der Waals surface area contributed by atoms with Crippen LogP contribution in [-0.2, 0) is 33.3 Å². The molecule has 0 fully saturated rings. The third kappa shape index (κ3) is 88.3. The molecule has 0 aliphatic rings. The van der Waals surface area contributed by atoms with Crippen molar-refractivity contribution in [2.24, 2.45) is 0 Å². The summed E-state index contributed by atoms with van der Waals surface area (Å²) < 4.78 is 22.9. The van der Waals surface area contributed by atoms with Crippen molar-refractivity contribution in [3.05, 3.63) is 146 Å². The molecule has 0 radical (unpaired) electrons. The molecule has 2 atom stereocenters. The van der Waals surface area contributed by atoms with Crippen molar-refractivity contribution in [1.82, 2.24) is 0 Å². The number of unbranched alkanes of at least 4 members (excludes halogenated alkanes) is 44. The van der Waals surface area contributed by atoms with E-state index in [4.69, 9.17) is 18.9 Å². The van der Waals surface area contributed by atoms with Gasteiger partial charge in [0.15, 0.2) is 12.4 Å². The Morgan fingerprint density at radius 2 is 0.505 bits per heavy atom. The highest BCUT2D eigenvalue weighted by atomic mass is 16.7. The monoisotopic (exact) mass is 1490 g/mol. The predicted octanol–water partition coefficient (Wildman–Crippen LogP) is 28.4. The van der Waals surface area contributed by atoms with Gasteiger partial charge in [-0.1, -0.05) is 417 Å². The van der Waals surface area contributed by atoms with Gasteiger partial charge < -0.3 is 33.3 Å². The first kappa shape index (κ1) is 102. The second-order valence-electron chi connectivity index (χ2n) is 31.1. The summed E-state index contributed by atoms with van der Waals surface area (Å²) >= 11 is 0. The Balaban J connectivity index is 3.94. The SMILES string of the molecule is CC/C=C\C/C=C\C/C=C\C/C=C\C/C=C\C/C=C\CCCCCCCCCCCCCCCCCCCCCCCCC(=O)OCC(COC(OCC[N+](C)(C)C)C(=O)[O-])OC(=O)CCCCCCCCCCCCCCCCCCCCCCCC/C=C\C/C=C\C/C=C\C/C=C\C/C=C\C/C=C\CC. The largest absolute Gasteiger partial charge is 0.545 e. The Morgan fingerprint density at radius 3 is 0.748 bits per heavy atom. The Bertz CT molecular complexity index is 2290. The second-order valence-corrected chi connectivity index (χ2v) is 31.1. The van der Waals surface area contributed by atoms with Gasteiger partial charge in [-0.2, -0.15) is 0 Å². The smallest absolute Gasteiger partial charge is 0.306 e. The van der Waals surface area contributed by atoms with Gasteiger partial charge in [-0.3, -0.25) is 9.59 Å². The molecule has 0 rings (SSSR count).